The predicted molar refractivity (Wildman–Crippen MR) is 86.6 cm³/mol. The minimum Gasteiger partial charge on any atom is -0.313 e. The van der Waals surface area contributed by atoms with Gasteiger partial charge < -0.3 is 5.32 Å². The predicted octanol–water partition coefficient (Wildman–Crippen LogP) is 5.57. The van der Waals surface area contributed by atoms with Gasteiger partial charge in [-0.05, 0) is 68.6 Å². The Hall–Kier alpha value is 0.0600. The van der Waals surface area contributed by atoms with Gasteiger partial charge in [-0.2, -0.15) is 0 Å². The number of hydrogen-bond acceptors (Lipinski definition) is 2. The number of rotatable bonds is 4. The summed E-state index contributed by atoms with van der Waals surface area (Å²) in [5.74, 6) is -0.338. The second-order valence-corrected chi connectivity index (χ2v) is 8.19. The van der Waals surface area contributed by atoms with Gasteiger partial charge in [-0.3, -0.25) is 0 Å². The molecule has 0 spiro atoms. The van der Waals surface area contributed by atoms with Crippen LogP contribution in [-0.4, -0.2) is 7.05 Å². The molecule has 0 radical (unpaired) electrons. The zero-order valence-corrected chi connectivity index (χ0v) is 14.8. The van der Waals surface area contributed by atoms with Crippen molar-refractivity contribution in [2.24, 2.45) is 0 Å². The Morgan fingerprint density at radius 2 is 2.16 bits per heavy atom. The van der Waals surface area contributed by atoms with Crippen molar-refractivity contribution in [3.8, 4) is 0 Å². The van der Waals surface area contributed by atoms with E-state index in [0.29, 0.717) is 12.0 Å². The third kappa shape index (κ3) is 3.58. The average molecular weight is 428 g/mol. The van der Waals surface area contributed by atoms with Crippen molar-refractivity contribution in [1.82, 2.24) is 5.32 Å². The Bertz CT molecular complexity index is 588. The number of likely N-dealkylation sites (N-methyl/N-ethyl adjacent to an activating group) is 1. The Kier molecular flexibility index (Phi) is 5.43. The summed E-state index contributed by atoms with van der Waals surface area (Å²) >= 11 is 14.4. The lowest BCUT2D eigenvalue weighted by Crippen LogP contribution is -2.19. The van der Waals surface area contributed by atoms with Crippen molar-refractivity contribution in [2.75, 3.05) is 7.05 Å². The summed E-state index contributed by atoms with van der Waals surface area (Å²) in [5, 5.41) is 3.38. The Morgan fingerprint density at radius 1 is 1.42 bits per heavy atom. The van der Waals surface area contributed by atoms with Gasteiger partial charge in [-0.25, -0.2) is 4.39 Å². The third-order valence-electron chi connectivity index (χ3n) is 2.86. The molecule has 2 rings (SSSR count). The van der Waals surface area contributed by atoms with Crippen LogP contribution in [-0.2, 0) is 6.42 Å². The molecule has 0 aliphatic rings. The third-order valence-corrected chi connectivity index (χ3v) is 5.54. The van der Waals surface area contributed by atoms with Gasteiger partial charge in [0.2, 0.25) is 0 Å². The molecule has 0 aliphatic heterocycles. The number of benzene rings is 1. The average Bonchev–Trinajstić information content (AvgIpc) is 2.70. The number of thiophene rings is 1. The van der Waals surface area contributed by atoms with Gasteiger partial charge in [0.15, 0.2) is 0 Å². The summed E-state index contributed by atoms with van der Waals surface area (Å²) in [6, 6.07) is 7.17. The summed E-state index contributed by atoms with van der Waals surface area (Å²) in [6.45, 7) is 0. The minimum atomic E-state index is -0.338. The van der Waals surface area contributed by atoms with Crippen molar-refractivity contribution in [3.05, 3.63) is 53.8 Å². The zero-order valence-electron chi connectivity index (χ0n) is 10.0. The monoisotopic (exact) mass is 425 g/mol. The van der Waals surface area contributed by atoms with Crippen LogP contribution in [0.4, 0.5) is 4.39 Å². The minimum absolute atomic E-state index is 0.0323. The molecule has 0 aliphatic carbocycles. The molecule has 0 saturated heterocycles. The van der Waals surface area contributed by atoms with Crippen molar-refractivity contribution < 1.29 is 4.39 Å². The maximum Gasteiger partial charge on any atom is 0.145 e. The van der Waals surface area contributed by atoms with Gasteiger partial charge in [0.05, 0.1) is 12.6 Å². The topological polar surface area (TPSA) is 12.0 Å². The van der Waals surface area contributed by atoms with Crippen LogP contribution in [0.25, 0.3) is 0 Å². The van der Waals surface area contributed by atoms with Crippen LogP contribution in [0.15, 0.2) is 31.8 Å². The SMILES string of the molecule is CNC(Cc1cccc(Cl)c1F)c1cc(Br)sc1Br. The highest BCUT2D eigenvalue weighted by atomic mass is 79.9. The molecule has 19 heavy (non-hydrogen) atoms. The molecule has 1 aromatic heterocycles. The Labute approximate surface area is 137 Å². The normalized spacial score (nSPS) is 12.7. The fraction of sp³-hybridized carbons (Fsp3) is 0.231. The zero-order chi connectivity index (χ0) is 14.0. The molecule has 2 aromatic rings. The molecule has 0 bridgehead atoms. The first-order valence-electron chi connectivity index (χ1n) is 5.57. The van der Waals surface area contributed by atoms with Gasteiger partial charge in [-0.1, -0.05) is 23.7 Å². The first-order valence-corrected chi connectivity index (χ1v) is 8.36. The second-order valence-electron chi connectivity index (χ2n) is 4.04. The van der Waals surface area contributed by atoms with Gasteiger partial charge >= 0.3 is 0 Å². The van der Waals surface area contributed by atoms with Gasteiger partial charge in [-0.15, -0.1) is 11.3 Å². The molecule has 0 amide bonds. The summed E-state index contributed by atoms with van der Waals surface area (Å²) in [7, 11) is 1.87. The maximum absolute atomic E-state index is 13.9. The first-order chi connectivity index (χ1) is 9.02. The van der Waals surface area contributed by atoms with Crippen molar-refractivity contribution >= 4 is 54.8 Å². The molecule has 0 saturated carbocycles. The van der Waals surface area contributed by atoms with E-state index in [1.54, 1.807) is 29.5 Å². The Balaban J connectivity index is 2.29. The second kappa shape index (κ2) is 6.68. The van der Waals surface area contributed by atoms with Crippen molar-refractivity contribution in [2.45, 2.75) is 12.5 Å². The standard InChI is InChI=1S/C13H11Br2ClFNS/c1-18-10(8-6-11(14)19-13(8)15)5-7-3-2-4-9(16)12(7)17/h2-4,6,10,18H,5H2,1H3. The van der Waals surface area contributed by atoms with Crippen molar-refractivity contribution in [3.63, 3.8) is 0 Å². The largest absolute Gasteiger partial charge is 0.313 e. The summed E-state index contributed by atoms with van der Waals surface area (Å²) in [5.41, 5.74) is 1.72. The van der Waals surface area contributed by atoms with E-state index in [2.05, 4.69) is 37.2 Å². The molecule has 6 heteroatoms. The van der Waals surface area contributed by atoms with E-state index in [-0.39, 0.29) is 16.9 Å². The highest BCUT2D eigenvalue weighted by Crippen LogP contribution is 2.37. The highest BCUT2D eigenvalue weighted by Gasteiger charge is 2.18. The molecule has 1 nitrogen and oxygen atoms in total. The fourth-order valence-electron chi connectivity index (χ4n) is 1.88. The van der Waals surface area contributed by atoms with Crippen LogP contribution in [0.5, 0.6) is 0 Å². The van der Waals surface area contributed by atoms with Crippen LogP contribution in [0.3, 0.4) is 0 Å². The fourth-order valence-corrected chi connectivity index (χ4v) is 5.05. The van der Waals surface area contributed by atoms with Gasteiger partial charge in [0.1, 0.15) is 5.82 Å². The molecule has 1 N–H and O–H groups in total. The molecule has 1 atom stereocenters. The van der Waals surface area contributed by atoms with E-state index in [9.17, 15) is 4.39 Å². The van der Waals surface area contributed by atoms with Crippen LogP contribution in [0.2, 0.25) is 5.02 Å². The summed E-state index contributed by atoms with van der Waals surface area (Å²) in [6.07, 6.45) is 0.546. The molecule has 1 heterocycles. The van der Waals surface area contributed by atoms with Crippen LogP contribution < -0.4 is 5.32 Å². The number of halogens is 4. The van der Waals surface area contributed by atoms with Crippen molar-refractivity contribution in [1.29, 1.82) is 0 Å². The molecule has 102 valence electrons. The first kappa shape index (κ1) is 15.4. The summed E-state index contributed by atoms with van der Waals surface area (Å²) in [4.78, 5) is 0. The van der Waals surface area contributed by atoms with Gasteiger partial charge in [0.25, 0.3) is 0 Å². The molecule has 1 unspecified atom stereocenters. The highest BCUT2D eigenvalue weighted by molar-refractivity contribution is 9.12. The van der Waals surface area contributed by atoms with E-state index < -0.39 is 0 Å². The number of hydrogen-bond donors (Lipinski definition) is 1. The van der Waals surface area contributed by atoms with Crippen LogP contribution >= 0.6 is 54.8 Å². The lowest BCUT2D eigenvalue weighted by molar-refractivity contribution is 0.554. The molecular weight excluding hydrogens is 416 g/mol. The smallest absolute Gasteiger partial charge is 0.145 e. The van der Waals surface area contributed by atoms with Gasteiger partial charge in [0, 0.05) is 6.04 Å². The summed E-state index contributed by atoms with van der Waals surface area (Å²) < 4.78 is 16.0. The van der Waals surface area contributed by atoms with Crippen LogP contribution in [0, 0.1) is 5.82 Å². The van der Waals surface area contributed by atoms with E-state index in [1.165, 1.54) is 0 Å². The van der Waals surface area contributed by atoms with E-state index in [0.717, 1.165) is 13.1 Å². The number of nitrogens with one attached hydrogen (secondary N) is 1. The maximum atomic E-state index is 13.9. The molecular formula is C13H11Br2ClFNS. The molecule has 0 fully saturated rings. The van der Waals surface area contributed by atoms with E-state index in [1.807, 2.05) is 13.1 Å². The van der Waals surface area contributed by atoms with E-state index >= 15 is 0 Å². The van der Waals surface area contributed by atoms with Crippen LogP contribution in [0.1, 0.15) is 17.2 Å². The molecule has 1 aromatic carbocycles. The Morgan fingerprint density at radius 3 is 2.74 bits per heavy atom. The lowest BCUT2D eigenvalue weighted by atomic mass is 10.0. The quantitative estimate of drug-likeness (QED) is 0.673. The van der Waals surface area contributed by atoms with E-state index in [4.69, 9.17) is 11.6 Å². The lowest BCUT2D eigenvalue weighted by Gasteiger charge is -2.16.